The van der Waals surface area contributed by atoms with Crippen molar-refractivity contribution in [3.8, 4) is 0 Å². The Balaban J connectivity index is 2.06. The Morgan fingerprint density at radius 2 is 2.35 bits per heavy atom. The van der Waals surface area contributed by atoms with Gasteiger partial charge in [-0.3, -0.25) is 9.48 Å². The first-order valence-electron chi connectivity index (χ1n) is 6.63. The molecule has 0 saturated carbocycles. The van der Waals surface area contributed by atoms with Crippen molar-refractivity contribution in [2.45, 2.75) is 26.4 Å². The minimum Gasteiger partial charge on any atom is -0.467 e. The van der Waals surface area contributed by atoms with E-state index in [2.05, 4.69) is 5.10 Å². The van der Waals surface area contributed by atoms with E-state index in [0.29, 0.717) is 18.7 Å². The minimum atomic E-state index is -0.0575. The molecule has 2 aromatic heterocycles. The molecule has 0 atom stereocenters. The van der Waals surface area contributed by atoms with Crippen LogP contribution >= 0.6 is 0 Å². The number of carbonyl (C=O) groups is 1. The van der Waals surface area contributed by atoms with Crippen LogP contribution in [0.4, 0.5) is 0 Å². The maximum absolute atomic E-state index is 12.4. The summed E-state index contributed by atoms with van der Waals surface area (Å²) < 4.78 is 7.07. The number of nitrogens with two attached hydrogens (primary N) is 1. The first kappa shape index (κ1) is 14.3. The molecule has 6 nitrogen and oxygen atoms in total. The van der Waals surface area contributed by atoms with Crippen molar-refractivity contribution in [2.24, 2.45) is 5.73 Å². The van der Waals surface area contributed by atoms with Crippen molar-refractivity contribution in [1.82, 2.24) is 14.7 Å². The number of amides is 1. The Morgan fingerprint density at radius 3 is 3.00 bits per heavy atom. The molecular formula is C14H20N4O2. The summed E-state index contributed by atoms with van der Waals surface area (Å²) in [6, 6.07) is 3.66. The number of furan rings is 1. The monoisotopic (exact) mass is 276 g/mol. The third-order valence-electron chi connectivity index (χ3n) is 3.23. The molecule has 0 unspecified atom stereocenters. The summed E-state index contributed by atoms with van der Waals surface area (Å²) >= 11 is 0. The zero-order chi connectivity index (χ0) is 14.5. The average Bonchev–Trinajstić information content (AvgIpc) is 3.06. The number of hydrogen-bond donors (Lipinski definition) is 1. The Labute approximate surface area is 118 Å². The van der Waals surface area contributed by atoms with E-state index >= 15 is 0 Å². The number of aromatic nitrogens is 2. The second kappa shape index (κ2) is 6.38. The smallest absolute Gasteiger partial charge is 0.257 e. The van der Waals surface area contributed by atoms with Crippen LogP contribution in [0.1, 0.15) is 28.2 Å². The van der Waals surface area contributed by atoms with Gasteiger partial charge in [0, 0.05) is 19.3 Å². The van der Waals surface area contributed by atoms with E-state index in [1.807, 2.05) is 23.7 Å². The molecule has 20 heavy (non-hydrogen) atoms. The highest BCUT2D eigenvalue weighted by Gasteiger charge is 2.18. The summed E-state index contributed by atoms with van der Waals surface area (Å²) in [5.74, 6) is 0.701. The summed E-state index contributed by atoms with van der Waals surface area (Å²) in [4.78, 5) is 14.0. The average molecular weight is 276 g/mol. The van der Waals surface area contributed by atoms with Gasteiger partial charge in [-0.15, -0.1) is 0 Å². The molecule has 6 heteroatoms. The molecule has 2 aromatic rings. The van der Waals surface area contributed by atoms with Crippen LogP contribution in [-0.2, 0) is 13.1 Å². The zero-order valence-electron chi connectivity index (χ0n) is 11.9. The molecule has 108 valence electrons. The number of nitrogens with zero attached hydrogens (tertiary/aromatic N) is 3. The molecule has 2 heterocycles. The van der Waals surface area contributed by atoms with Gasteiger partial charge in [-0.25, -0.2) is 0 Å². The quantitative estimate of drug-likeness (QED) is 0.865. The topological polar surface area (TPSA) is 77.3 Å². The highest BCUT2D eigenvalue weighted by atomic mass is 16.3. The Morgan fingerprint density at radius 1 is 1.55 bits per heavy atom. The Kier molecular flexibility index (Phi) is 4.57. The lowest BCUT2D eigenvalue weighted by molar-refractivity contribution is 0.0774. The summed E-state index contributed by atoms with van der Waals surface area (Å²) in [6.45, 7) is 3.69. The van der Waals surface area contributed by atoms with Crippen LogP contribution in [0.3, 0.4) is 0 Å². The third-order valence-corrected chi connectivity index (χ3v) is 3.23. The second-order valence-corrected chi connectivity index (χ2v) is 4.75. The highest BCUT2D eigenvalue weighted by Crippen LogP contribution is 2.12. The van der Waals surface area contributed by atoms with E-state index in [4.69, 9.17) is 10.2 Å². The SMILES string of the molecule is Cc1c(C(=O)N(C)Cc2ccco2)cnn1CCCN. The van der Waals surface area contributed by atoms with Crippen molar-refractivity contribution in [1.29, 1.82) is 0 Å². The molecule has 0 aromatic carbocycles. The van der Waals surface area contributed by atoms with Gasteiger partial charge in [0.1, 0.15) is 5.76 Å². The van der Waals surface area contributed by atoms with Gasteiger partial charge in [0.05, 0.1) is 24.6 Å². The number of carbonyl (C=O) groups excluding carboxylic acids is 1. The van der Waals surface area contributed by atoms with E-state index in [-0.39, 0.29) is 5.91 Å². The molecule has 2 rings (SSSR count). The van der Waals surface area contributed by atoms with Gasteiger partial charge in [0.2, 0.25) is 0 Å². The molecule has 0 radical (unpaired) electrons. The van der Waals surface area contributed by atoms with Crippen molar-refractivity contribution in [2.75, 3.05) is 13.6 Å². The minimum absolute atomic E-state index is 0.0575. The second-order valence-electron chi connectivity index (χ2n) is 4.75. The number of hydrogen-bond acceptors (Lipinski definition) is 4. The fourth-order valence-electron chi connectivity index (χ4n) is 2.04. The lowest BCUT2D eigenvalue weighted by Gasteiger charge is -2.15. The summed E-state index contributed by atoms with van der Waals surface area (Å²) in [5.41, 5.74) is 6.98. The predicted octanol–water partition coefficient (Wildman–Crippen LogP) is 1.41. The van der Waals surface area contributed by atoms with Crippen LogP contribution in [0.5, 0.6) is 0 Å². The van der Waals surface area contributed by atoms with Crippen LogP contribution in [0.25, 0.3) is 0 Å². The lowest BCUT2D eigenvalue weighted by Crippen LogP contribution is -2.26. The van der Waals surface area contributed by atoms with Crippen molar-refractivity contribution in [3.63, 3.8) is 0 Å². The number of aryl methyl sites for hydroxylation is 1. The maximum Gasteiger partial charge on any atom is 0.257 e. The van der Waals surface area contributed by atoms with Crippen LogP contribution in [0, 0.1) is 6.92 Å². The molecule has 0 aliphatic carbocycles. The first-order valence-corrected chi connectivity index (χ1v) is 6.63. The number of rotatable bonds is 6. The summed E-state index contributed by atoms with van der Waals surface area (Å²) in [6.07, 6.45) is 4.06. The van der Waals surface area contributed by atoms with Gasteiger partial charge in [-0.1, -0.05) is 0 Å². The van der Waals surface area contributed by atoms with Crippen molar-refractivity contribution in [3.05, 3.63) is 41.6 Å². The van der Waals surface area contributed by atoms with Crippen LogP contribution in [0.2, 0.25) is 0 Å². The predicted molar refractivity (Wildman–Crippen MR) is 75.1 cm³/mol. The zero-order valence-corrected chi connectivity index (χ0v) is 11.9. The normalized spacial score (nSPS) is 10.8. The molecule has 0 aliphatic rings. The van der Waals surface area contributed by atoms with Gasteiger partial charge >= 0.3 is 0 Å². The van der Waals surface area contributed by atoms with Crippen molar-refractivity contribution < 1.29 is 9.21 Å². The molecule has 0 spiro atoms. The van der Waals surface area contributed by atoms with E-state index in [0.717, 1.165) is 24.4 Å². The standard InChI is InChI=1S/C14H20N4O2/c1-11-13(9-16-18(11)7-4-6-15)14(19)17(2)10-12-5-3-8-20-12/h3,5,8-9H,4,6-7,10,15H2,1-2H3. The van der Waals surface area contributed by atoms with E-state index in [1.165, 1.54) is 0 Å². The van der Waals surface area contributed by atoms with Gasteiger partial charge in [0.25, 0.3) is 5.91 Å². The third kappa shape index (κ3) is 3.08. The van der Waals surface area contributed by atoms with Gasteiger partial charge < -0.3 is 15.1 Å². The molecule has 0 saturated heterocycles. The van der Waals surface area contributed by atoms with Crippen LogP contribution < -0.4 is 5.73 Å². The molecule has 2 N–H and O–H groups in total. The van der Waals surface area contributed by atoms with Gasteiger partial charge in [0.15, 0.2) is 0 Å². The van der Waals surface area contributed by atoms with Gasteiger partial charge in [-0.05, 0) is 32.0 Å². The van der Waals surface area contributed by atoms with E-state index in [9.17, 15) is 4.79 Å². The fraction of sp³-hybridized carbons (Fsp3) is 0.429. The first-order chi connectivity index (χ1) is 9.63. The highest BCUT2D eigenvalue weighted by molar-refractivity contribution is 5.94. The Hall–Kier alpha value is -2.08. The molecule has 0 aliphatic heterocycles. The molecule has 0 fully saturated rings. The largest absolute Gasteiger partial charge is 0.467 e. The van der Waals surface area contributed by atoms with E-state index in [1.54, 1.807) is 24.4 Å². The fourth-order valence-corrected chi connectivity index (χ4v) is 2.04. The Bertz CT molecular complexity index is 560. The summed E-state index contributed by atoms with van der Waals surface area (Å²) in [5, 5.41) is 4.24. The molecular weight excluding hydrogens is 256 g/mol. The molecule has 1 amide bonds. The van der Waals surface area contributed by atoms with Crippen molar-refractivity contribution >= 4 is 5.91 Å². The maximum atomic E-state index is 12.4. The van der Waals surface area contributed by atoms with Gasteiger partial charge in [-0.2, -0.15) is 5.10 Å². The molecule has 0 bridgehead atoms. The van der Waals surface area contributed by atoms with E-state index < -0.39 is 0 Å². The van der Waals surface area contributed by atoms with Crippen LogP contribution in [0.15, 0.2) is 29.0 Å². The summed E-state index contributed by atoms with van der Waals surface area (Å²) in [7, 11) is 1.75. The lowest BCUT2D eigenvalue weighted by atomic mass is 10.2. The van der Waals surface area contributed by atoms with Crippen LogP contribution in [-0.4, -0.2) is 34.2 Å².